The molecule has 0 bridgehead atoms. The van der Waals surface area contributed by atoms with E-state index in [0.717, 1.165) is 29.7 Å². The van der Waals surface area contributed by atoms with Gasteiger partial charge in [0, 0.05) is 5.56 Å². The maximum absolute atomic E-state index is 12.4. The van der Waals surface area contributed by atoms with Gasteiger partial charge in [0.05, 0.1) is 18.8 Å². The molecule has 0 heterocycles. The zero-order chi connectivity index (χ0) is 18.9. The molecule has 0 fully saturated rings. The number of hydrogen-bond donors (Lipinski definition) is 1. The fourth-order valence-electron chi connectivity index (χ4n) is 2.46. The molecule has 0 spiro atoms. The second-order valence-electron chi connectivity index (χ2n) is 6.06. The van der Waals surface area contributed by atoms with Crippen LogP contribution < -0.4 is 9.47 Å². The van der Waals surface area contributed by atoms with Crippen LogP contribution in [0.5, 0.6) is 17.2 Å². The van der Waals surface area contributed by atoms with Crippen LogP contribution in [0, 0.1) is 6.92 Å². The first kappa shape index (κ1) is 19.6. The highest BCUT2D eigenvalue weighted by Crippen LogP contribution is 2.34. The molecular formula is C22H26O4. The van der Waals surface area contributed by atoms with Gasteiger partial charge in [0.2, 0.25) is 0 Å². The number of carbonyl (C=O) groups excluding carboxylic acids is 1. The van der Waals surface area contributed by atoms with Gasteiger partial charge in [0.25, 0.3) is 0 Å². The van der Waals surface area contributed by atoms with E-state index in [1.165, 1.54) is 18.2 Å². The van der Waals surface area contributed by atoms with Gasteiger partial charge < -0.3 is 14.6 Å². The summed E-state index contributed by atoms with van der Waals surface area (Å²) in [6.45, 7) is 7.28. The molecule has 0 radical (unpaired) electrons. The van der Waals surface area contributed by atoms with Crippen molar-refractivity contribution in [3.63, 3.8) is 0 Å². The quantitative estimate of drug-likeness (QED) is 0.498. The van der Waals surface area contributed by atoms with E-state index in [1.807, 2.05) is 26.0 Å². The molecule has 0 aliphatic heterocycles. The first-order valence-corrected chi connectivity index (χ1v) is 8.97. The lowest BCUT2D eigenvalue weighted by Crippen LogP contribution is -2.03. The predicted octanol–water partition coefficient (Wildman–Crippen LogP) is 5.17. The number of ether oxygens (including phenoxy) is 2. The Morgan fingerprint density at radius 3 is 2.31 bits per heavy atom. The fourth-order valence-corrected chi connectivity index (χ4v) is 2.46. The van der Waals surface area contributed by atoms with Crippen LogP contribution >= 0.6 is 0 Å². The van der Waals surface area contributed by atoms with Crippen molar-refractivity contribution in [1.29, 1.82) is 0 Å². The molecule has 2 aromatic rings. The summed E-state index contributed by atoms with van der Waals surface area (Å²) in [4.78, 5) is 12.4. The minimum atomic E-state index is -0.144. The summed E-state index contributed by atoms with van der Waals surface area (Å²) < 4.78 is 11.8. The maximum atomic E-state index is 12.4. The second kappa shape index (κ2) is 9.66. The number of rotatable bonds is 9. The number of ketones is 1. The third kappa shape index (κ3) is 5.12. The highest BCUT2D eigenvalue weighted by molar-refractivity contribution is 6.07. The molecule has 138 valence electrons. The molecule has 26 heavy (non-hydrogen) atoms. The van der Waals surface area contributed by atoms with Crippen molar-refractivity contribution in [2.75, 3.05) is 13.2 Å². The van der Waals surface area contributed by atoms with Crippen molar-refractivity contribution in [2.45, 2.75) is 33.6 Å². The van der Waals surface area contributed by atoms with Crippen LogP contribution in [0.25, 0.3) is 6.08 Å². The number of carbonyl (C=O) groups is 1. The van der Waals surface area contributed by atoms with Crippen LogP contribution in [0.2, 0.25) is 0 Å². The number of phenols is 1. The van der Waals surface area contributed by atoms with Crippen LogP contribution in [0.3, 0.4) is 0 Å². The molecule has 2 rings (SSSR count). The van der Waals surface area contributed by atoms with Crippen LogP contribution in [-0.2, 0) is 0 Å². The smallest absolute Gasteiger partial charge is 0.185 e. The lowest BCUT2D eigenvalue weighted by atomic mass is 10.1. The van der Waals surface area contributed by atoms with Crippen LogP contribution in [0.15, 0.2) is 42.5 Å². The monoisotopic (exact) mass is 354 g/mol. The number of aryl methyl sites for hydroxylation is 1. The van der Waals surface area contributed by atoms with Crippen molar-refractivity contribution >= 4 is 11.9 Å². The Bertz CT molecular complexity index is 760. The van der Waals surface area contributed by atoms with Gasteiger partial charge in [-0.05, 0) is 67.8 Å². The van der Waals surface area contributed by atoms with E-state index in [1.54, 1.807) is 18.2 Å². The number of allylic oxidation sites excluding steroid dienone is 1. The second-order valence-corrected chi connectivity index (χ2v) is 6.06. The number of aromatic hydroxyl groups is 1. The highest BCUT2D eigenvalue weighted by Gasteiger charge is 2.13. The summed E-state index contributed by atoms with van der Waals surface area (Å²) in [5.41, 5.74) is 2.29. The third-order valence-corrected chi connectivity index (χ3v) is 3.82. The Morgan fingerprint density at radius 2 is 1.65 bits per heavy atom. The average Bonchev–Trinajstić information content (AvgIpc) is 2.65. The standard InChI is InChI=1S/C22H26O4/c1-4-14-25-21-13-6-16(3)22(26-15-5-2)19(21)11-12-20(24)17-7-9-18(23)10-8-17/h6-13,23H,4-5,14-15H2,1-3H3. The molecule has 0 amide bonds. The molecule has 4 nitrogen and oxygen atoms in total. The molecule has 0 saturated carbocycles. The molecule has 4 heteroatoms. The van der Waals surface area contributed by atoms with Crippen molar-refractivity contribution in [2.24, 2.45) is 0 Å². The minimum absolute atomic E-state index is 0.134. The van der Waals surface area contributed by atoms with Crippen LogP contribution in [0.1, 0.15) is 48.2 Å². The Kier molecular flexibility index (Phi) is 7.27. The topological polar surface area (TPSA) is 55.8 Å². The van der Waals surface area contributed by atoms with Crippen molar-refractivity contribution in [3.05, 3.63) is 59.2 Å². The molecule has 0 aromatic heterocycles. The van der Waals surface area contributed by atoms with Gasteiger partial charge in [-0.2, -0.15) is 0 Å². The highest BCUT2D eigenvalue weighted by atomic mass is 16.5. The zero-order valence-corrected chi connectivity index (χ0v) is 15.6. The van der Waals surface area contributed by atoms with Gasteiger partial charge in [-0.15, -0.1) is 0 Å². The van der Waals surface area contributed by atoms with E-state index in [9.17, 15) is 9.90 Å². The molecule has 1 N–H and O–H groups in total. The summed E-state index contributed by atoms with van der Waals surface area (Å²) in [5, 5.41) is 9.35. The fraction of sp³-hybridized carbons (Fsp3) is 0.318. The Morgan fingerprint density at radius 1 is 1.00 bits per heavy atom. The molecule has 0 atom stereocenters. The maximum Gasteiger partial charge on any atom is 0.185 e. The minimum Gasteiger partial charge on any atom is -0.508 e. The van der Waals surface area contributed by atoms with Crippen LogP contribution in [-0.4, -0.2) is 24.1 Å². The summed E-state index contributed by atoms with van der Waals surface area (Å²) >= 11 is 0. The van der Waals surface area contributed by atoms with Gasteiger partial charge in [0.15, 0.2) is 5.78 Å². The van der Waals surface area contributed by atoms with E-state index in [2.05, 4.69) is 6.92 Å². The first-order valence-electron chi connectivity index (χ1n) is 8.97. The molecule has 0 aliphatic rings. The zero-order valence-electron chi connectivity index (χ0n) is 15.6. The van der Waals surface area contributed by atoms with Gasteiger partial charge in [-0.1, -0.05) is 19.9 Å². The first-order chi connectivity index (χ1) is 12.6. The lowest BCUT2D eigenvalue weighted by Gasteiger charge is -2.16. The summed E-state index contributed by atoms with van der Waals surface area (Å²) in [6, 6.07) is 10.1. The third-order valence-electron chi connectivity index (χ3n) is 3.82. The van der Waals surface area contributed by atoms with Crippen molar-refractivity contribution in [3.8, 4) is 17.2 Å². The average molecular weight is 354 g/mol. The van der Waals surface area contributed by atoms with Crippen LogP contribution in [0.4, 0.5) is 0 Å². The van der Waals surface area contributed by atoms with E-state index >= 15 is 0 Å². The summed E-state index contributed by atoms with van der Waals surface area (Å²) in [7, 11) is 0. The Balaban J connectivity index is 2.35. The molecule has 0 aliphatic carbocycles. The molecule has 2 aromatic carbocycles. The SMILES string of the molecule is CCCOc1ccc(C)c(OCCC)c1C=CC(=O)c1ccc(O)cc1. The van der Waals surface area contributed by atoms with E-state index < -0.39 is 0 Å². The number of hydrogen-bond acceptors (Lipinski definition) is 4. The lowest BCUT2D eigenvalue weighted by molar-refractivity contribution is 0.104. The van der Waals surface area contributed by atoms with Gasteiger partial charge in [0.1, 0.15) is 17.2 Å². The number of benzene rings is 2. The molecule has 0 saturated heterocycles. The van der Waals surface area contributed by atoms with Gasteiger partial charge in [-0.25, -0.2) is 0 Å². The van der Waals surface area contributed by atoms with E-state index in [0.29, 0.717) is 24.5 Å². The van der Waals surface area contributed by atoms with Crippen molar-refractivity contribution in [1.82, 2.24) is 0 Å². The largest absolute Gasteiger partial charge is 0.508 e. The predicted molar refractivity (Wildman–Crippen MR) is 104 cm³/mol. The van der Waals surface area contributed by atoms with Gasteiger partial charge >= 0.3 is 0 Å². The normalized spacial score (nSPS) is 10.9. The van der Waals surface area contributed by atoms with E-state index in [4.69, 9.17) is 9.47 Å². The summed E-state index contributed by atoms with van der Waals surface area (Å²) in [5.74, 6) is 1.44. The van der Waals surface area contributed by atoms with Crippen molar-refractivity contribution < 1.29 is 19.4 Å². The summed E-state index contributed by atoms with van der Waals surface area (Å²) in [6.07, 6.45) is 5.06. The molecule has 0 unspecified atom stereocenters. The Labute approximate surface area is 155 Å². The van der Waals surface area contributed by atoms with Gasteiger partial charge in [-0.3, -0.25) is 4.79 Å². The van der Waals surface area contributed by atoms with E-state index in [-0.39, 0.29) is 11.5 Å². The molecular weight excluding hydrogens is 328 g/mol. The number of phenolic OH excluding ortho intramolecular Hbond substituents is 1. The Hall–Kier alpha value is -2.75.